The Hall–Kier alpha value is -3.06. The van der Waals surface area contributed by atoms with E-state index in [0.717, 1.165) is 11.4 Å². The van der Waals surface area contributed by atoms with Crippen LogP contribution >= 0.6 is 11.8 Å². The molecule has 0 aliphatic heterocycles. The molecule has 29 heavy (non-hydrogen) atoms. The number of allylic oxidation sites excluding steroid dienone is 1. The highest BCUT2D eigenvalue weighted by Gasteiger charge is 2.19. The lowest BCUT2D eigenvalue weighted by atomic mass is 10.2. The van der Waals surface area contributed by atoms with Crippen molar-refractivity contribution >= 4 is 39.9 Å². The summed E-state index contributed by atoms with van der Waals surface area (Å²) >= 11 is 1.26. The smallest absolute Gasteiger partial charge is 0.262 e. The number of nitrogens with zero attached hydrogens (tertiary/aromatic N) is 3. The normalized spacial score (nSPS) is 11.8. The molecular weight excluding hydrogens is 384 g/mol. The number of benzene rings is 2. The van der Waals surface area contributed by atoms with E-state index in [9.17, 15) is 9.59 Å². The molecule has 3 rings (SSSR count). The number of hydrogen-bond acceptors (Lipinski definition) is 5. The molecule has 0 spiro atoms. The molecule has 1 amide bonds. The number of fused-ring (bicyclic) bond motifs is 1. The van der Waals surface area contributed by atoms with Gasteiger partial charge in [0, 0.05) is 32.0 Å². The molecule has 0 fully saturated rings. The van der Waals surface area contributed by atoms with Gasteiger partial charge in [0.15, 0.2) is 5.16 Å². The number of anilines is 2. The van der Waals surface area contributed by atoms with Crippen LogP contribution in [0, 0.1) is 0 Å². The molecule has 0 saturated heterocycles. The molecule has 1 heterocycles. The van der Waals surface area contributed by atoms with E-state index in [0.29, 0.717) is 22.6 Å². The van der Waals surface area contributed by atoms with Crippen LogP contribution < -0.4 is 15.8 Å². The molecular formula is C22H24N4O2S. The van der Waals surface area contributed by atoms with Gasteiger partial charge in [-0.1, -0.05) is 30.0 Å². The Balaban J connectivity index is 1.82. The average Bonchev–Trinajstić information content (AvgIpc) is 2.71. The fourth-order valence-corrected chi connectivity index (χ4v) is 3.74. The van der Waals surface area contributed by atoms with E-state index in [-0.39, 0.29) is 11.5 Å². The summed E-state index contributed by atoms with van der Waals surface area (Å²) in [5.74, 6) is -0.153. The summed E-state index contributed by atoms with van der Waals surface area (Å²) in [5.41, 5.74) is 2.26. The van der Waals surface area contributed by atoms with Gasteiger partial charge in [-0.2, -0.15) is 0 Å². The van der Waals surface area contributed by atoms with Gasteiger partial charge in [0.2, 0.25) is 5.91 Å². The van der Waals surface area contributed by atoms with Gasteiger partial charge in [-0.3, -0.25) is 14.2 Å². The van der Waals surface area contributed by atoms with Gasteiger partial charge in [-0.05, 0) is 43.3 Å². The van der Waals surface area contributed by atoms with Gasteiger partial charge in [-0.15, -0.1) is 6.58 Å². The third kappa shape index (κ3) is 4.68. The second kappa shape index (κ2) is 8.96. The molecule has 6 nitrogen and oxygen atoms in total. The van der Waals surface area contributed by atoms with Crippen molar-refractivity contribution in [3.05, 3.63) is 71.5 Å². The zero-order valence-electron chi connectivity index (χ0n) is 16.8. The molecule has 3 aromatic rings. The van der Waals surface area contributed by atoms with Crippen LogP contribution in [0.1, 0.15) is 6.92 Å². The highest BCUT2D eigenvalue weighted by molar-refractivity contribution is 8.00. The Morgan fingerprint density at radius 2 is 1.93 bits per heavy atom. The van der Waals surface area contributed by atoms with Crippen molar-refractivity contribution in [2.75, 3.05) is 24.3 Å². The number of carbonyl (C=O) groups excluding carboxylic acids is 1. The van der Waals surface area contributed by atoms with E-state index in [1.54, 1.807) is 29.7 Å². The van der Waals surface area contributed by atoms with E-state index in [1.807, 2.05) is 55.4 Å². The van der Waals surface area contributed by atoms with Crippen molar-refractivity contribution in [2.24, 2.45) is 0 Å². The summed E-state index contributed by atoms with van der Waals surface area (Å²) in [6, 6.07) is 14.8. The number of thioether (sulfide) groups is 1. The number of rotatable bonds is 7. The number of amides is 1. The maximum atomic E-state index is 12.8. The molecule has 150 valence electrons. The molecule has 1 aromatic heterocycles. The monoisotopic (exact) mass is 408 g/mol. The molecule has 1 unspecified atom stereocenters. The van der Waals surface area contributed by atoms with Crippen molar-refractivity contribution in [1.29, 1.82) is 0 Å². The van der Waals surface area contributed by atoms with Gasteiger partial charge in [0.1, 0.15) is 0 Å². The molecule has 1 atom stereocenters. The van der Waals surface area contributed by atoms with E-state index in [4.69, 9.17) is 0 Å². The van der Waals surface area contributed by atoms with Crippen LogP contribution in [0.4, 0.5) is 11.4 Å². The molecule has 7 heteroatoms. The average molecular weight is 409 g/mol. The summed E-state index contributed by atoms with van der Waals surface area (Å²) in [5, 5.41) is 3.53. The van der Waals surface area contributed by atoms with Crippen molar-refractivity contribution in [3.63, 3.8) is 0 Å². The Morgan fingerprint density at radius 1 is 1.24 bits per heavy atom. The van der Waals surface area contributed by atoms with Crippen LogP contribution in [0.2, 0.25) is 0 Å². The van der Waals surface area contributed by atoms with Gasteiger partial charge in [0.05, 0.1) is 16.2 Å². The Labute approximate surface area is 174 Å². The Bertz CT molecular complexity index is 1090. The molecule has 0 aliphatic carbocycles. The minimum Gasteiger partial charge on any atom is -0.378 e. The Kier molecular flexibility index (Phi) is 6.39. The lowest BCUT2D eigenvalue weighted by Crippen LogP contribution is -2.26. The topological polar surface area (TPSA) is 67.2 Å². The molecule has 2 aromatic carbocycles. The first-order valence-electron chi connectivity index (χ1n) is 9.26. The third-order valence-corrected chi connectivity index (χ3v) is 5.53. The predicted molar refractivity (Wildman–Crippen MR) is 121 cm³/mol. The Morgan fingerprint density at radius 3 is 2.59 bits per heavy atom. The van der Waals surface area contributed by atoms with E-state index in [1.165, 1.54) is 11.8 Å². The number of hydrogen-bond donors (Lipinski definition) is 1. The van der Waals surface area contributed by atoms with E-state index >= 15 is 0 Å². The number of nitrogens with one attached hydrogen (secondary N) is 1. The lowest BCUT2D eigenvalue weighted by Gasteiger charge is -2.16. The van der Waals surface area contributed by atoms with Crippen molar-refractivity contribution in [3.8, 4) is 0 Å². The van der Waals surface area contributed by atoms with Crippen LogP contribution in [0.5, 0.6) is 0 Å². The maximum absolute atomic E-state index is 12.8. The van der Waals surface area contributed by atoms with Crippen LogP contribution in [0.15, 0.2) is 71.1 Å². The summed E-state index contributed by atoms with van der Waals surface area (Å²) in [7, 11) is 3.93. The molecule has 0 bridgehead atoms. The van der Waals surface area contributed by atoms with Crippen molar-refractivity contribution in [1.82, 2.24) is 9.55 Å². The predicted octanol–water partition coefficient (Wildman–Crippen LogP) is 3.77. The minimum atomic E-state index is -0.437. The summed E-state index contributed by atoms with van der Waals surface area (Å²) in [6.07, 6.45) is 1.65. The fraction of sp³-hybridized carbons (Fsp3) is 0.227. The first kappa shape index (κ1) is 20.7. The van der Waals surface area contributed by atoms with Gasteiger partial charge in [-0.25, -0.2) is 4.98 Å². The molecule has 1 N–H and O–H groups in total. The maximum Gasteiger partial charge on any atom is 0.262 e. The van der Waals surface area contributed by atoms with E-state index < -0.39 is 5.25 Å². The highest BCUT2D eigenvalue weighted by Crippen LogP contribution is 2.24. The quantitative estimate of drug-likeness (QED) is 0.366. The standard InChI is InChI=1S/C22H24N4O2S/c1-5-14-26-21(28)18-8-6-7-9-19(18)24-22(26)29-15(2)20(27)23-16-10-12-17(13-11-16)25(3)4/h5-13,15H,1,14H2,2-4H3,(H,23,27). The minimum absolute atomic E-state index is 0.134. The zero-order chi connectivity index (χ0) is 21.0. The van der Waals surface area contributed by atoms with Gasteiger partial charge in [0.25, 0.3) is 5.56 Å². The van der Waals surface area contributed by atoms with Crippen molar-refractivity contribution < 1.29 is 4.79 Å². The summed E-state index contributed by atoms with van der Waals surface area (Å²) in [4.78, 5) is 32.1. The second-order valence-electron chi connectivity index (χ2n) is 6.81. The first-order valence-corrected chi connectivity index (χ1v) is 10.1. The van der Waals surface area contributed by atoms with Crippen LogP contribution in [0.25, 0.3) is 10.9 Å². The van der Waals surface area contributed by atoms with E-state index in [2.05, 4.69) is 16.9 Å². The highest BCUT2D eigenvalue weighted by atomic mass is 32.2. The lowest BCUT2D eigenvalue weighted by molar-refractivity contribution is -0.115. The summed E-state index contributed by atoms with van der Waals surface area (Å²) < 4.78 is 1.55. The number of carbonyl (C=O) groups is 1. The fourth-order valence-electron chi connectivity index (χ4n) is 2.83. The second-order valence-corrected chi connectivity index (χ2v) is 8.11. The van der Waals surface area contributed by atoms with Gasteiger partial charge < -0.3 is 10.2 Å². The molecule has 0 aliphatic rings. The SMILES string of the molecule is C=CCn1c(SC(C)C(=O)Nc2ccc(N(C)C)cc2)nc2ccccc2c1=O. The number of para-hydroxylation sites is 1. The van der Waals surface area contributed by atoms with Gasteiger partial charge >= 0.3 is 0 Å². The van der Waals surface area contributed by atoms with Crippen LogP contribution in [-0.4, -0.2) is 34.8 Å². The largest absolute Gasteiger partial charge is 0.378 e. The van der Waals surface area contributed by atoms with Crippen LogP contribution in [-0.2, 0) is 11.3 Å². The number of aromatic nitrogens is 2. The first-order chi connectivity index (χ1) is 13.9. The van der Waals surface area contributed by atoms with Crippen molar-refractivity contribution in [2.45, 2.75) is 23.9 Å². The van der Waals surface area contributed by atoms with Crippen LogP contribution in [0.3, 0.4) is 0 Å². The molecule has 0 saturated carbocycles. The molecule has 0 radical (unpaired) electrons. The summed E-state index contributed by atoms with van der Waals surface area (Å²) in [6.45, 7) is 5.86. The zero-order valence-corrected chi connectivity index (χ0v) is 17.6. The third-order valence-electron chi connectivity index (χ3n) is 4.44.